The lowest BCUT2D eigenvalue weighted by molar-refractivity contribution is 0.0674. The monoisotopic (exact) mass is 478 g/mol. The van der Waals surface area contributed by atoms with Crippen molar-refractivity contribution in [3.05, 3.63) is 29.8 Å². The average Bonchev–Trinajstić information content (AvgIpc) is 2.65. The van der Waals surface area contributed by atoms with Crippen LogP contribution >= 0.6 is 24.0 Å². The van der Waals surface area contributed by atoms with E-state index >= 15 is 0 Å². The maximum atomic E-state index is 6.06. The highest BCUT2D eigenvalue weighted by Crippen LogP contribution is 2.14. The predicted octanol–water partition coefficient (Wildman–Crippen LogP) is 1.41. The normalized spacial score (nSPS) is 15.0. The second kappa shape index (κ2) is 13.1. The van der Waals surface area contributed by atoms with Gasteiger partial charge in [0.1, 0.15) is 12.4 Å². The number of nitrogens with two attached hydrogens (primary N) is 1. The Morgan fingerprint density at radius 3 is 2.73 bits per heavy atom. The molecule has 1 saturated heterocycles. The van der Waals surface area contributed by atoms with E-state index in [1.807, 2.05) is 24.3 Å². The Balaban J connectivity index is 0.00000338. The number of aliphatic imine (C=N–C) groups is 1. The molecule has 1 aliphatic heterocycles. The molecule has 0 aromatic heterocycles. The van der Waals surface area contributed by atoms with Crippen LogP contribution in [0.3, 0.4) is 0 Å². The highest BCUT2D eigenvalue weighted by Gasteiger charge is 2.11. The first-order valence-electron chi connectivity index (χ1n) is 8.71. The molecule has 1 aromatic carbocycles. The number of halogens is 1. The minimum atomic E-state index is 0. The SMILES string of the molecule is COCCN(C)CCOc1cccc(CN=C(N)N2CCOCC2)c1.I. The molecule has 2 rings (SSSR count). The largest absolute Gasteiger partial charge is 0.492 e. The van der Waals surface area contributed by atoms with E-state index in [1.165, 1.54) is 0 Å². The zero-order valence-electron chi connectivity index (χ0n) is 15.7. The lowest BCUT2D eigenvalue weighted by Crippen LogP contribution is -2.44. The van der Waals surface area contributed by atoms with Crippen LogP contribution < -0.4 is 10.5 Å². The van der Waals surface area contributed by atoms with Crippen molar-refractivity contribution in [1.29, 1.82) is 0 Å². The summed E-state index contributed by atoms with van der Waals surface area (Å²) in [6.07, 6.45) is 0. The highest BCUT2D eigenvalue weighted by molar-refractivity contribution is 14.0. The van der Waals surface area contributed by atoms with E-state index in [0.29, 0.717) is 32.3 Å². The highest BCUT2D eigenvalue weighted by atomic mass is 127. The number of ether oxygens (including phenoxy) is 3. The first-order valence-corrected chi connectivity index (χ1v) is 8.71. The van der Waals surface area contributed by atoms with Crippen LogP contribution in [0.2, 0.25) is 0 Å². The standard InChI is InChI=1S/C18H30N4O3.HI/c1-21(6-10-23-2)7-13-25-17-5-3-4-16(14-17)15-20-18(19)22-8-11-24-12-9-22;/h3-5,14H,6-13,15H2,1-2H3,(H2,19,20);1H. The quantitative estimate of drug-likeness (QED) is 0.329. The number of morpholine rings is 1. The van der Waals surface area contributed by atoms with Crippen LogP contribution in [0.15, 0.2) is 29.3 Å². The maximum absolute atomic E-state index is 6.06. The van der Waals surface area contributed by atoms with E-state index in [2.05, 4.69) is 21.8 Å². The molecule has 2 N–H and O–H groups in total. The number of nitrogens with zero attached hydrogens (tertiary/aromatic N) is 3. The van der Waals surface area contributed by atoms with Gasteiger partial charge in [-0.25, -0.2) is 4.99 Å². The summed E-state index contributed by atoms with van der Waals surface area (Å²) in [5, 5.41) is 0. The molecule has 26 heavy (non-hydrogen) atoms. The van der Waals surface area contributed by atoms with Crippen molar-refractivity contribution in [1.82, 2.24) is 9.80 Å². The molecule has 0 amide bonds. The molecule has 1 heterocycles. The summed E-state index contributed by atoms with van der Waals surface area (Å²) in [5.41, 5.74) is 7.15. The third-order valence-electron chi connectivity index (χ3n) is 4.08. The molecule has 0 spiro atoms. The van der Waals surface area contributed by atoms with E-state index in [-0.39, 0.29) is 24.0 Å². The molecule has 0 aliphatic carbocycles. The van der Waals surface area contributed by atoms with Gasteiger partial charge in [0, 0.05) is 33.3 Å². The second-order valence-corrected chi connectivity index (χ2v) is 6.07. The van der Waals surface area contributed by atoms with Crippen LogP contribution in [0.25, 0.3) is 0 Å². The van der Waals surface area contributed by atoms with E-state index in [4.69, 9.17) is 19.9 Å². The first-order chi connectivity index (χ1) is 12.2. The Kier molecular flexibility index (Phi) is 11.6. The van der Waals surface area contributed by atoms with Gasteiger partial charge in [0.15, 0.2) is 5.96 Å². The Morgan fingerprint density at radius 1 is 1.27 bits per heavy atom. The lowest BCUT2D eigenvalue weighted by atomic mass is 10.2. The van der Waals surface area contributed by atoms with Gasteiger partial charge < -0.3 is 29.7 Å². The number of likely N-dealkylation sites (N-methyl/N-ethyl adjacent to an activating group) is 1. The molecule has 1 fully saturated rings. The Labute approximate surface area is 173 Å². The maximum Gasteiger partial charge on any atom is 0.191 e. The number of guanidine groups is 1. The summed E-state index contributed by atoms with van der Waals surface area (Å²) in [7, 11) is 3.77. The van der Waals surface area contributed by atoms with Crippen LogP contribution in [0.1, 0.15) is 5.56 Å². The van der Waals surface area contributed by atoms with Gasteiger partial charge >= 0.3 is 0 Å². The summed E-state index contributed by atoms with van der Waals surface area (Å²) in [5.74, 6) is 1.44. The van der Waals surface area contributed by atoms with Crippen LogP contribution in [-0.2, 0) is 16.0 Å². The summed E-state index contributed by atoms with van der Waals surface area (Å²) in [6.45, 7) is 6.69. The topological polar surface area (TPSA) is 72.5 Å². The fourth-order valence-corrected chi connectivity index (χ4v) is 2.48. The fourth-order valence-electron chi connectivity index (χ4n) is 2.48. The smallest absolute Gasteiger partial charge is 0.191 e. The second-order valence-electron chi connectivity index (χ2n) is 6.07. The third-order valence-corrected chi connectivity index (χ3v) is 4.08. The Bertz CT molecular complexity index is 539. The van der Waals surface area contributed by atoms with Crippen molar-refractivity contribution in [3.63, 3.8) is 0 Å². The van der Waals surface area contributed by atoms with E-state index in [1.54, 1.807) is 7.11 Å². The minimum absolute atomic E-state index is 0. The summed E-state index contributed by atoms with van der Waals surface area (Å²) < 4.78 is 16.2. The molecule has 0 radical (unpaired) electrons. The number of hydrogen-bond donors (Lipinski definition) is 1. The van der Waals surface area contributed by atoms with Crippen LogP contribution in [0.4, 0.5) is 0 Å². The zero-order valence-corrected chi connectivity index (χ0v) is 18.1. The van der Waals surface area contributed by atoms with Crippen molar-refractivity contribution in [2.45, 2.75) is 6.54 Å². The van der Waals surface area contributed by atoms with Crippen molar-refractivity contribution in [2.75, 3.05) is 66.8 Å². The molecule has 8 heteroatoms. The molecule has 0 bridgehead atoms. The Hall–Kier alpha value is -1.10. The fraction of sp³-hybridized carbons (Fsp3) is 0.611. The van der Waals surface area contributed by atoms with Crippen molar-refractivity contribution < 1.29 is 14.2 Å². The van der Waals surface area contributed by atoms with Gasteiger partial charge in [-0.05, 0) is 24.7 Å². The molecule has 148 valence electrons. The van der Waals surface area contributed by atoms with E-state index in [9.17, 15) is 0 Å². The van der Waals surface area contributed by atoms with Crippen LogP contribution in [0.5, 0.6) is 5.75 Å². The van der Waals surface area contributed by atoms with Crippen molar-refractivity contribution in [2.24, 2.45) is 10.7 Å². The van der Waals surface area contributed by atoms with E-state index < -0.39 is 0 Å². The van der Waals surface area contributed by atoms with Gasteiger partial charge in [-0.15, -0.1) is 24.0 Å². The molecule has 7 nitrogen and oxygen atoms in total. The minimum Gasteiger partial charge on any atom is -0.492 e. The number of methoxy groups -OCH3 is 1. The van der Waals surface area contributed by atoms with Gasteiger partial charge in [-0.3, -0.25) is 0 Å². The van der Waals surface area contributed by atoms with Crippen LogP contribution in [-0.4, -0.2) is 82.5 Å². The average molecular weight is 478 g/mol. The van der Waals surface area contributed by atoms with Gasteiger partial charge in [0.05, 0.1) is 26.4 Å². The molecule has 1 aromatic rings. The first kappa shape index (κ1) is 22.9. The lowest BCUT2D eigenvalue weighted by Gasteiger charge is -2.27. The van der Waals surface area contributed by atoms with Crippen LogP contribution in [0, 0.1) is 0 Å². The van der Waals surface area contributed by atoms with Crippen molar-refractivity contribution >= 4 is 29.9 Å². The molecular formula is C18H31IN4O3. The zero-order chi connectivity index (χ0) is 17.9. The molecule has 0 saturated carbocycles. The van der Waals surface area contributed by atoms with E-state index in [0.717, 1.165) is 44.1 Å². The molecule has 1 aliphatic rings. The third kappa shape index (κ3) is 8.52. The van der Waals surface area contributed by atoms with Gasteiger partial charge in [0.25, 0.3) is 0 Å². The number of hydrogen-bond acceptors (Lipinski definition) is 5. The summed E-state index contributed by atoms with van der Waals surface area (Å²) in [6, 6.07) is 8.01. The summed E-state index contributed by atoms with van der Waals surface area (Å²) >= 11 is 0. The van der Waals surface area contributed by atoms with Gasteiger partial charge in [-0.2, -0.15) is 0 Å². The van der Waals surface area contributed by atoms with Gasteiger partial charge in [-0.1, -0.05) is 12.1 Å². The van der Waals surface area contributed by atoms with Gasteiger partial charge in [0.2, 0.25) is 0 Å². The molecule has 0 atom stereocenters. The number of rotatable bonds is 9. The summed E-state index contributed by atoms with van der Waals surface area (Å²) in [4.78, 5) is 8.73. The van der Waals surface area contributed by atoms with Crippen molar-refractivity contribution in [3.8, 4) is 5.75 Å². The number of benzene rings is 1. The molecule has 0 unspecified atom stereocenters. The predicted molar refractivity (Wildman–Crippen MR) is 114 cm³/mol. The Morgan fingerprint density at radius 2 is 2.00 bits per heavy atom. The molecular weight excluding hydrogens is 447 g/mol.